The third-order valence-electron chi connectivity index (χ3n) is 10.7. The van der Waals surface area contributed by atoms with Crippen LogP contribution in [0.1, 0.15) is 62.7 Å². The van der Waals surface area contributed by atoms with E-state index in [4.69, 9.17) is 9.47 Å². The van der Waals surface area contributed by atoms with Crippen molar-refractivity contribution in [1.29, 1.82) is 0 Å². The number of rotatable bonds is 13. The molecule has 3 saturated heterocycles. The number of phenols is 1. The summed E-state index contributed by atoms with van der Waals surface area (Å²) >= 11 is 0. The minimum absolute atomic E-state index is 0.0270. The molecule has 0 spiro atoms. The molecule has 2 unspecified atom stereocenters. The van der Waals surface area contributed by atoms with Gasteiger partial charge in [-0.2, -0.15) is 0 Å². The predicted molar refractivity (Wildman–Crippen MR) is 169 cm³/mol. The first-order valence-electron chi connectivity index (χ1n) is 16.4. The summed E-state index contributed by atoms with van der Waals surface area (Å²) in [5, 5.41) is 36.9. The Bertz CT molecular complexity index is 1450. The van der Waals surface area contributed by atoms with Gasteiger partial charge in [0, 0.05) is 36.8 Å². The number of aromatic nitrogens is 1. The summed E-state index contributed by atoms with van der Waals surface area (Å²) in [6.07, 6.45) is 5.79. The van der Waals surface area contributed by atoms with Crippen LogP contribution in [0.4, 0.5) is 0 Å². The number of H-pyrrole nitrogens is 1. The van der Waals surface area contributed by atoms with Crippen LogP contribution < -0.4 is 10.9 Å². The summed E-state index contributed by atoms with van der Waals surface area (Å²) in [7, 11) is 0. The second-order valence-corrected chi connectivity index (χ2v) is 13.4. The molecule has 4 atom stereocenters. The van der Waals surface area contributed by atoms with E-state index in [-0.39, 0.29) is 36.1 Å². The zero-order valence-corrected chi connectivity index (χ0v) is 25.8. The van der Waals surface area contributed by atoms with Crippen molar-refractivity contribution >= 4 is 10.9 Å². The number of piperidine rings is 3. The molecule has 5 N–H and O–H groups in total. The predicted octanol–water partition coefficient (Wildman–Crippen LogP) is 3.92. The van der Waals surface area contributed by atoms with Crippen LogP contribution in [-0.4, -0.2) is 83.1 Å². The number of phenolic OH excluding ortho intramolecular Hbond substituents is 1. The zero-order valence-electron chi connectivity index (χ0n) is 25.8. The Morgan fingerprint density at radius 2 is 1.80 bits per heavy atom. The van der Waals surface area contributed by atoms with Gasteiger partial charge in [-0.15, -0.1) is 0 Å². The van der Waals surface area contributed by atoms with E-state index in [2.05, 4.69) is 10.3 Å². The third kappa shape index (κ3) is 6.59. The molecule has 0 radical (unpaired) electrons. The largest absolute Gasteiger partial charge is 0.506 e. The lowest BCUT2D eigenvalue weighted by Crippen LogP contribution is -2.65. The number of quaternary nitrogens is 1. The Kier molecular flexibility index (Phi) is 9.42. The van der Waals surface area contributed by atoms with Gasteiger partial charge in [-0.3, -0.25) is 10.1 Å². The van der Waals surface area contributed by atoms with E-state index in [1.165, 1.54) is 25.0 Å². The molecule has 4 fully saturated rings. The molecule has 9 nitrogen and oxygen atoms in total. The van der Waals surface area contributed by atoms with E-state index >= 15 is 0 Å². The summed E-state index contributed by atoms with van der Waals surface area (Å²) in [5.41, 5.74) is 0.683. The Morgan fingerprint density at radius 3 is 2.55 bits per heavy atom. The maximum atomic E-state index is 12.0. The molecule has 238 valence electrons. The molecule has 0 amide bonds. The number of nitrogens with zero attached hydrogens (tertiary/aromatic N) is 1. The van der Waals surface area contributed by atoms with Crippen molar-refractivity contribution < 1.29 is 29.3 Å². The van der Waals surface area contributed by atoms with Crippen LogP contribution in [0, 0.1) is 11.8 Å². The summed E-state index contributed by atoms with van der Waals surface area (Å²) in [4.78, 5) is 14.4. The number of aromatic amines is 1. The van der Waals surface area contributed by atoms with Gasteiger partial charge in [0.2, 0.25) is 5.56 Å². The van der Waals surface area contributed by atoms with Crippen LogP contribution in [0.2, 0.25) is 0 Å². The van der Waals surface area contributed by atoms with Crippen molar-refractivity contribution in [2.45, 2.75) is 69.5 Å². The van der Waals surface area contributed by atoms with E-state index in [9.17, 15) is 20.1 Å². The maximum Gasteiger partial charge on any atom is 0.248 e. The van der Waals surface area contributed by atoms with Gasteiger partial charge in [-0.25, -0.2) is 0 Å². The second-order valence-electron chi connectivity index (χ2n) is 13.4. The molecular formula is C35H48N3O6+. The number of aliphatic hydroxyl groups is 2. The van der Waals surface area contributed by atoms with Crippen LogP contribution in [0.5, 0.6) is 5.75 Å². The fraction of sp³-hybridized carbons (Fsp3) is 0.571. The van der Waals surface area contributed by atoms with Crippen molar-refractivity contribution in [2.75, 3.05) is 45.9 Å². The molecule has 2 aromatic carbocycles. The lowest BCUT2D eigenvalue weighted by molar-refractivity contribution is -0.946. The molecule has 2 bridgehead atoms. The van der Waals surface area contributed by atoms with Gasteiger partial charge in [0.25, 0.3) is 0 Å². The number of aromatic hydroxyl groups is 1. The van der Waals surface area contributed by atoms with Gasteiger partial charge in [-0.05, 0) is 48.9 Å². The maximum absolute atomic E-state index is 12.0. The third-order valence-corrected chi connectivity index (χ3v) is 10.7. The van der Waals surface area contributed by atoms with Crippen molar-refractivity contribution in [3.8, 4) is 5.75 Å². The van der Waals surface area contributed by atoms with Crippen molar-refractivity contribution in [3.05, 3.63) is 76.1 Å². The van der Waals surface area contributed by atoms with Crippen molar-refractivity contribution in [1.82, 2.24) is 10.3 Å². The number of benzene rings is 2. The first-order chi connectivity index (χ1) is 21.3. The number of hydrogen-bond acceptors (Lipinski definition) is 7. The van der Waals surface area contributed by atoms with E-state index in [1.54, 1.807) is 12.1 Å². The summed E-state index contributed by atoms with van der Waals surface area (Å²) in [5.74, 6) is 0.767. The van der Waals surface area contributed by atoms with E-state index < -0.39 is 11.7 Å². The summed E-state index contributed by atoms with van der Waals surface area (Å²) in [6.45, 7) is 7.30. The van der Waals surface area contributed by atoms with Crippen molar-refractivity contribution in [3.63, 3.8) is 0 Å². The molecular weight excluding hydrogens is 558 g/mol. The monoisotopic (exact) mass is 606 g/mol. The average Bonchev–Trinajstić information content (AvgIpc) is 3.60. The first-order valence-corrected chi connectivity index (χ1v) is 16.4. The summed E-state index contributed by atoms with van der Waals surface area (Å²) < 4.78 is 13.8. The van der Waals surface area contributed by atoms with E-state index in [0.717, 1.165) is 61.9 Å². The lowest BCUT2D eigenvalue weighted by Gasteiger charge is -2.53. The average molecular weight is 607 g/mol. The van der Waals surface area contributed by atoms with Crippen LogP contribution in [-0.2, 0) is 15.1 Å². The SMILES string of the molecule is CC(NC[C@H](O)c1ccc(O)c2[nH]c(=O)ccc12)OCC[N+]12CCC(CC1)[C@@H](OCC(O)(c1ccccc1)C1CCCC1)C2. The normalized spacial score (nSPS) is 26.5. The topological polar surface area (TPSA) is 124 Å². The van der Waals surface area contributed by atoms with E-state index in [0.29, 0.717) is 35.6 Å². The van der Waals surface area contributed by atoms with Gasteiger partial charge in [-0.1, -0.05) is 49.2 Å². The van der Waals surface area contributed by atoms with Crippen LogP contribution in [0.3, 0.4) is 0 Å². The number of ether oxygens (including phenoxy) is 2. The second kappa shape index (κ2) is 13.3. The molecule has 9 heteroatoms. The van der Waals surface area contributed by atoms with Crippen LogP contribution in [0.25, 0.3) is 10.9 Å². The molecule has 1 aromatic heterocycles. The zero-order chi connectivity index (χ0) is 30.7. The number of fused-ring (bicyclic) bond motifs is 4. The molecule has 4 aliphatic rings. The number of aliphatic hydroxyl groups excluding tert-OH is 1. The summed E-state index contributed by atoms with van der Waals surface area (Å²) in [6, 6.07) is 16.3. The number of hydrogen-bond donors (Lipinski definition) is 5. The van der Waals surface area contributed by atoms with Crippen molar-refractivity contribution in [2.24, 2.45) is 11.8 Å². The molecule has 3 aromatic rings. The molecule has 1 aliphatic carbocycles. The highest BCUT2D eigenvalue weighted by Crippen LogP contribution is 2.42. The van der Waals surface area contributed by atoms with Gasteiger partial charge < -0.3 is 34.3 Å². The van der Waals surface area contributed by atoms with Crippen LogP contribution >= 0.6 is 0 Å². The minimum Gasteiger partial charge on any atom is -0.506 e. The Labute approximate surface area is 259 Å². The lowest BCUT2D eigenvalue weighted by atomic mass is 9.80. The first kappa shape index (κ1) is 31.2. The molecule has 7 rings (SSSR count). The Balaban J connectivity index is 1.00. The Morgan fingerprint density at radius 1 is 1.05 bits per heavy atom. The van der Waals surface area contributed by atoms with Crippen LogP contribution in [0.15, 0.2) is 59.4 Å². The van der Waals surface area contributed by atoms with E-state index in [1.807, 2.05) is 37.3 Å². The number of pyridine rings is 1. The molecule has 3 aliphatic heterocycles. The molecule has 44 heavy (non-hydrogen) atoms. The number of nitrogens with one attached hydrogen (secondary N) is 2. The highest BCUT2D eigenvalue weighted by molar-refractivity contribution is 5.87. The van der Waals surface area contributed by atoms with Gasteiger partial charge in [0.1, 0.15) is 36.8 Å². The smallest absolute Gasteiger partial charge is 0.248 e. The van der Waals surface area contributed by atoms with Gasteiger partial charge in [0.05, 0.1) is 37.9 Å². The highest BCUT2D eigenvalue weighted by Gasteiger charge is 2.48. The molecule has 4 heterocycles. The fourth-order valence-corrected chi connectivity index (χ4v) is 7.94. The minimum atomic E-state index is -0.937. The highest BCUT2D eigenvalue weighted by atomic mass is 16.5. The van der Waals surface area contributed by atoms with Gasteiger partial charge in [0.15, 0.2) is 0 Å². The standard InChI is InChI=1S/C35H47N3O6/c1-24(36-21-31(40)28-11-13-30(39)34-29(28)12-14-33(41)37-34)43-20-19-38-17-15-25(16-18-38)32(22-38)44-23-35(42,27-9-5-6-10-27)26-7-3-2-4-8-26/h2-4,7-8,11-14,24-25,27,31-32,36,40,42H,5-6,9-10,15-23H2,1H3,(H-,37,39,41)/p+1/t24?,25?,31-,32-,35?,38?/m0/s1. The molecule has 1 saturated carbocycles. The quantitative estimate of drug-likeness (QED) is 0.148. The fourth-order valence-electron chi connectivity index (χ4n) is 7.94. The van der Waals surface area contributed by atoms with Gasteiger partial charge >= 0.3 is 0 Å². The Hall–Kier alpha value is -2.79.